The van der Waals surface area contributed by atoms with E-state index in [4.69, 9.17) is 0 Å². The Bertz CT molecular complexity index is 287. The summed E-state index contributed by atoms with van der Waals surface area (Å²) in [4.78, 5) is 0. The molecule has 1 nitrogen and oxygen atoms in total. The predicted octanol–water partition coefficient (Wildman–Crippen LogP) is 2.50. The van der Waals surface area contributed by atoms with Crippen molar-refractivity contribution in [2.75, 3.05) is 13.1 Å². The smallest absolute Gasteiger partial charge is 0.00913 e. The van der Waals surface area contributed by atoms with Crippen LogP contribution in [0.1, 0.15) is 36.8 Å². The maximum absolute atomic E-state index is 3.33. The second-order valence-corrected chi connectivity index (χ2v) is 4.14. The lowest BCUT2D eigenvalue weighted by Gasteiger charge is -2.30. The van der Waals surface area contributed by atoms with Crippen LogP contribution in [0.5, 0.6) is 0 Å². The van der Waals surface area contributed by atoms with Gasteiger partial charge in [-0.15, -0.1) is 0 Å². The SMILES string of the molecule is CC(C)c1ccccc1C1CNC1. The van der Waals surface area contributed by atoms with Crippen molar-refractivity contribution >= 4 is 0 Å². The standard InChI is InChI=1S/C12H17N/c1-9(2)11-5-3-4-6-12(11)10-7-13-8-10/h3-6,9-10,13H,7-8H2,1-2H3. The van der Waals surface area contributed by atoms with E-state index in [1.807, 2.05) is 0 Å². The van der Waals surface area contributed by atoms with Crippen molar-refractivity contribution in [1.29, 1.82) is 0 Å². The third-order valence-corrected chi connectivity index (χ3v) is 2.84. The van der Waals surface area contributed by atoms with Gasteiger partial charge in [-0.05, 0) is 17.0 Å². The fourth-order valence-corrected chi connectivity index (χ4v) is 1.92. The van der Waals surface area contributed by atoms with Crippen molar-refractivity contribution in [2.45, 2.75) is 25.7 Å². The molecule has 1 N–H and O–H groups in total. The van der Waals surface area contributed by atoms with Gasteiger partial charge in [-0.1, -0.05) is 38.1 Å². The maximum atomic E-state index is 3.33. The van der Waals surface area contributed by atoms with Gasteiger partial charge in [0.05, 0.1) is 0 Å². The van der Waals surface area contributed by atoms with Crippen LogP contribution in [0.2, 0.25) is 0 Å². The summed E-state index contributed by atoms with van der Waals surface area (Å²) in [7, 11) is 0. The largest absolute Gasteiger partial charge is 0.315 e. The van der Waals surface area contributed by atoms with E-state index in [0.717, 1.165) is 19.0 Å². The monoisotopic (exact) mass is 175 g/mol. The Morgan fingerprint density at radius 1 is 1.23 bits per heavy atom. The van der Waals surface area contributed by atoms with Crippen LogP contribution in [0.3, 0.4) is 0 Å². The van der Waals surface area contributed by atoms with E-state index < -0.39 is 0 Å². The number of hydrogen-bond donors (Lipinski definition) is 1. The molecule has 0 spiro atoms. The van der Waals surface area contributed by atoms with Gasteiger partial charge in [-0.25, -0.2) is 0 Å². The van der Waals surface area contributed by atoms with E-state index in [9.17, 15) is 0 Å². The minimum Gasteiger partial charge on any atom is -0.315 e. The lowest BCUT2D eigenvalue weighted by Crippen LogP contribution is -2.40. The van der Waals surface area contributed by atoms with E-state index in [0.29, 0.717) is 5.92 Å². The van der Waals surface area contributed by atoms with Gasteiger partial charge >= 0.3 is 0 Å². The molecule has 2 rings (SSSR count). The molecule has 0 aliphatic carbocycles. The molecule has 0 radical (unpaired) electrons. The third kappa shape index (κ3) is 1.61. The van der Waals surface area contributed by atoms with Gasteiger partial charge in [0.2, 0.25) is 0 Å². The molecule has 0 unspecified atom stereocenters. The number of nitrogens with one attached hydrogen (secondary N) is 1. The van der Waals surface area contributed by atoms with E-state index in [1.165, 1.54) is 5.56 Å². The Hall–Kier alpha value is -0.820. The molecule has 1 heteroatoms. The number of hydrogen-bond acceptors (Lipinski definition) is 1. The molecule has 1 saturated heterocycles. The van der Waals surface area contributed by atoms with Crippen LogP contribution in [0.25, 0.3) is 0 Å². The van der Waals surface area contributed by atoms with Crippen molar-refractivity contribution < 1.29 is 0 Å². The van der Waals surface area contributed by atoms with Gasteiger partial charge in [0, 0.05) is 19.0 Å². The van der Waals surface area contributed by atoms with E-state index in [2.05, 4.69) is 43.4 Å². The summed E-state index contributed by atoms with van der Waals surface area (Å²) in [5.74, 6) is 1.41. The Labute approximate surface area is 80.2 Å². The molecule has 1 heterocycles. The first kappa shape index (κ1) is 8.76. The predicted molar refractivity (Wildman–Crippen MR) is 56.1 cm³/mol. The normalized spacial score (nSPS) is 17.5. The molecule has 13 heavy (non-hydrogen) atoms. The summed E-state index contributed by atoms with van der Waals surface area (Å²) in [5.41, 5.74) is 3.07. The zero-order valence-electron chi connectivity index (χ0n) is 8.38. The van der Waals surface area contributed by atoms with Crippen molar-refractivity contribution in [2.24, 2.45) is 0 Å². The Morgan fingerprint density at radius 3 is 2.46 bits per heavy atom. The first-order valence-corrected chi connectivity index (χ1v) is 5.08. The van der Waals surface area contributed by atoms with Crippen LogP contribution >= 0.6 is 0 Å². The van der Waals surface area contributed by atoms with Crippen LogP contribution in [0, 0.1) is 0 Å². The highest BCUT2D eigenvalue weighted by molar-refractivity contribution is 5.34. The van der Waals surface area contributed by atoms with Gasteiger partial charge in [0.1, 0.15) is 0 Å². The molecular formula is C12H17N. The highest BCUT2D eigenvalue weighted by Gasteiger charge is 2.21. The molecule has 1 aromatic rings. The molecule has 1 aliphatic rings. The van der Waals surface area contributed by atoms with Crippen LogP contribution in [-0.2, 0) is 0 Å². The zero-order valence-corrected chi connectivity index (χ0v) is 8.38. The summed E-state index contributed by atoms with van der Waals surface area (Å²) in [6, 6.07) is 8.84. The van der Waals surface area contributed by atoms with Gasteiger partial charge < -0.3 is 5.32 Å². The van der Waals surface area contributed by atoms with Crippen molar-refractivity contribution in [3.8, 4) is 0 Å². The first-order chi connectivity index (χ1) is 6.29. The van der Waals surface area contributed by atoms with E-state index in [-0.39, 0.29) is 0 Å². The lowest BCUT2D eigenvalue weighted by molar-refractivity contribution is 0.444. The third-order valence-electron chi connectivity index (χ3n) is 2.84. The van der Waals surface area contributed by atoms with E-state index >= 15 is 0 Å². The van der Waals surface area contributed by atoms with Crippen molar-refractivity contribution in [3.63, 3.8) is 0 Å². The topological polar surface area (TPSA) is 12.0 Å². The van der Waals surface area contributed by atoms with Crippen LogP contribution in [0.4, 0.5) is 0 Å². The second-order valence-electron chi connectivity index (χ2n) is 4.14. The first-order valence-electron chi connectivity index (χ1n) is 5.08. The molecule has 1 aliphatic heterocycles. The number of benzene rings is 1. The van der Waals surface area contributed by atoms with E-state index in [1.54, 1.807) is 5.56 Å². The Kier molecular flexibility index (Phi) is 2.36. The molecule has 1 aromatic carbocycles. The summed E-state index contributed by atoms with van der Waals surface area (Å²) >= 11 is 0. The summed E-state index contributed by atoms with van der Waals surface area (Å²) in [6.07, 6.45) is 0. The van der Waals surface area contributed by atoms with Gasteiger partial charge in [0.15, 0.2) is 0 Å². The molecule has 0 amide bonds. The van der Waals surface area contributed by atoms with Crippen LogP contribution < -0.4 is 5.32 Å². The quantitative estimate of drug-likeness (QED) is 0.728. The Balaban J connectivity index is 2.31. The second kappa shape index (κ2) is 3.51. The lowest BCUT2D eigenvalue weighted by atomic mass is 9.86. The van der Waals surface area contributed by atoms with Gasteiger partial charge in [-0.3, -0.25) is 0 Å². The van der Waals surface area contributed by atoms with Crippen molar-refractivity contribution in [1.82, 2.24) is 5.32 Å². The molecule has 0 saturated carbocycles. The molecule has 1 fully saturated rings. The zero-order chi connectivity index (χ0) is 9.26. The molecular weight excluding hydrogens is 158 g/mol. The fourth-order valence-electron chi connectivity index (χ4n) is 1.92. The maximum Gasteiger partial charge on any atom is 0.00913 e. The highest BCUT2D eigenvalue weighted by atomic mass is 14.9. The Morgan fingerprint density at radius 2 is 1.92 bits per heavy atom. The minimum atomic E-state index is 0.650. The number of rotatable bonds is 2. The minimum absolute atomic E-state index is 0.650. The van der Waals surface area contributed by atoms with Crippen molar-refractivity contribution in [3.05, 3.63) is 35.4 Å². The fraction of sp³-hybridized carbons (Fsp3) is 0.500. The average Bonchev–Trinajstić information content (AvgIpc) is 2.02. The summed E-state index contributed by atoms with van der Waals surface area (Å²) < 4.78 is 0. The van der Waals surface area contributed by atoms with Gasteiger partial charge in [0.25, 0.3) is 0 Å². The molecule has 70 valence electrons. The van der Waals surface area contributed by atoms with Gasteiger partial charge in [-0.2, -0.15) is 0 Å². The molecule has 0 atom stereocenters. The van der Waals surface area contributed by atoms with Crippen LogP contribution in [-0.4, -0.2) is 13.1 Å². The molecule has 0 bridgehead atoms. The average molecular weight is 175 g/mol. The highest BCUT2D eigenvalue weighted by Crippen LogP contribution is 2.28. The van der Waals surface area contributed by atoms with Crippen LogP contribution in [0.15, 0.2) is 24.3 Å². The molecule has 0 aromatic heterocycles. The summed E-state index contributed by atoms with van der Waals surface area (Å²) in [5, 5.41) is 3.33. The summed E-state index contributed by atoms with van der Waals surface area (Å²) in [6.45, 7) is 6.85.